The van der Waals surface area contributed by atoms with Crippen LogP contribution in [0.1, 0.15) is 29.0 Å². The van der Waals surface area contributed by atoms with Crippen LogP contribution in [0.15, 0.2) is 24.3 Å². The number of halogens is 1. The second kappa shape index (κ2) is 8.24. The number of likely N-dealkylation sites (tertiary alicyclic amines) is 1. The highest BCUT2D eigenvalue weighted by Gasteiger charge is 2.27. The number of piperidine rings is 1. The molecule has 0 atom stereocenters. The lowest BCUT2D eigenvalue weighted by Gasteiger charge is -2.31. The number of hydrogen-bond acceptors (Lipinski definition) is 6. The molecule has 1 saturated heterocycles. The van der Waals surface area contributed by atoms with Crippen molar-refractivity contribution in [2.75, 3.05) is 20.1 Å². The highest BCUT2D eigenvalue weighted by atomic mass is 35.5. The predicted octanol–water partition coefficient (Wildman–Crippen LogP) is 1.73. The molecule has 140 valence electrons. The maximum absolute atomic E-state index is 12.7. The van der Waals surface area contributed by atoms with Crippen LogP contribution in [-0.2, 0) is 0 Å². The minimum Gasteiger partial charge on any atom is -0.337 e. The first-order chi connectivity index (χ1) is 12.0. The Hall–Kier alpha value is -2.52. The molecule has 0 radical (unpaired) electrons. The molecule has 1 aliphatic heterocycles. The Morgan fingerprint density at radius 3 is 2.65 bits per heavy atom. The molecule has 0 spiro atoms. The van der Waals surface area contributed by atoms with E-state index < -0.39 is 4.92 Å². The fourth-order valence-corrected chi connectivity index (χ4v) is 3.03. The number of nitro benzene ring substituents is 1. The molecule has 1 aromatic carbocycles. The van der Waals surface area contributed by atoms with E-state index in [1.807, 2.05) is 7.05 Å². The molecule has 1 aliphatic rings. The zero-order valence-electron chi connectivity index (χ0n) is 14.6. The van der Waals surface area contributed by atoms with Crippen LogP contribution in [0.4, 0.5) is 5.69 Å². The number of nitrogens with one attached hydrogen (secondary N) is 1. The van der Waals surface area contributed by atoms with E-state index in [1.165, 1.54) is 16.8 Å². The molecular weight excluding hydrogens is 360 g/mol. The molecule has 2 aromatic rings. The van der Waals surface area contributed by atoms with Crippen LogP contribution in [0, 0.1) is 17.0 Å². The number of benzene rings is 1. The topological polar surface area (TPSA) is 106 Å². The minimum atomic E-state index is -0.465. The molecule has 0 aliphatic carbocycles. The second-order valence-electron chi connectivity index (χ2n) is 6.07. The summed E-state index contributed by atoms with van der Waals surface area (Å²) < 4.78 is 1.46. The van der Waals surface area contributed by atoms with Crippen LogP contribution in [-0.4, -0.2) is 56.9 Å². The van der Waals surface area contributed by atoms with Crippen molar-refractivity contribution in [3.8, 4) is 5.69 Å². The summed E-state index contributed by atoms with van der Waals surface area (Å²) in [6, 6.07) is 6.54. The van der Waals surface area contributed by atoms with Crippen LogP contribution < -0.4 is 5.32 Å². The van der Waals surface area contributed by atoms with Gasteiger partial charge in [-0.3, -0.25) is 14.9 Å². The van der Waals surface area contributed by atoms with Crippen molar-refractivity contribution >= 4 is 24.0 Å². The van der Waals surface area contributed by atoms with E-state index in [0.29, 0.717) is 30.5 Å². The average molecular weight is 381 g/mol. The van der Waals surface area contributed by atoms with E-state index >= 15 is 0 Å². The minimum absolute atomic E-state index is 0. The molecule has 9 nitrogen and oxygen atoms in total. The van der Waals surface area contributed by atoms with Crippen molar-refractivity contribution in [2.24, 2.45) is 0 Å². The predicted molar refractivity (Wildman–Crippen MR) is 98.0 cm³/mol. The van der Waals surface area contributed by atoms with Crippen molar-refractivity contribution in [1.82, 2.24) is 25.2 Å². The quantitative estimate of drug-likeness (QED) is 0.639. The summed E-state index contributed by atoms with van der Waals surface area (Å²) in [5, 5.41) is 22.2. The number of nitrogens with zero attached hydrogens (tertiary/aromatic N) is 5. The molecule has 1 aromatic heterocycles. The van der Waals surface area contributed by atoms with E-state index in [9.17, 15) is 14.9 Å². The Kier molecular flexibility index (Phi) is 6.27. The van der Waals surface area contributed by atoms with Gasteiger partial charge < -0.3 is 10.2 Å². The van der Waals surface area contributed by atoms with Gasteiger partial charge in [0.2, 0.25) is 0 Å². The van der Waals surface area contributed by atoms with Gasteiger partial charge in [-0.15, -0.1) is 17.5 Å². The van der Waals surface area contributed by atoms with E-state index in [-0.39, 0.29) is 29.7 Å². The van der Waals surface area contributed by atoms with E-state index in [4.69, 9.17) is 0 Å². The molecule has 0 unspecified atom stereocenters. The molecule has 10 heteroatoms. The van der Waals surface area contributed by atoms with Gasteiger partial charge >= 0.3 is 0 Å². The third kappa shape index (κ3) is 3.83. The first kappa shape index (κ1) is 19.8. The molecule has 1 N–H and O–H groups in total. The molecule has 1 amide bonds. The Morgan fingerprint density at radius 2 is 2.04 bits per heavy atom. The van der Waals surface area contributed by atoms with Gasteiger partial charge in [0.15, 0.2) is 5.69 Å². The van der Waals surface area contributed by atoms with Gasteiger partial charge in [-0.2, -0.15) is 0 Å². The van der Waals surface area contributed by atoms with Gasteiger partial charge in [0.05, 0.1) is 16.3 Å². The fraction of sp³-hybridized carbons (Fsp3) is 0.438. The monoisotopic (exact) mass is 380 g/mol. The summed E-state index contributed by atoms with van der Waals surface area (Å²) in [4.78, 5) is 25.0. The SMILES string of the molecule is CNC1CCN(C(=O)c2nnn(-c3cccc([N+](=O)[O-])c3)c2C)CC1.Cl. The second-order valence-corrected chi connectivity index (χ2v) is 6.07. The van der Waals surface area contributed by atoms with Gasteiger partial charge in [0.1, 0.15) is 0 Å². The molecule has 26 heavy (non-hydrogen) atoms. The molecular formula is C16H21ClN6O3. The summed E-state index contributed by atoms with van der Waals surface area (Å²) in [5.74, 6) is -0.149. The Bertz CT molecular complexity index is 801. The van der Waals surface area contributed by atoms with Crippen molar-refractivity contribution in [3.05, 3.63) is 45.8 Å². The molecule has 3 rings (SSSR count). The van der Waals surface area contributed by atoms with Crippen molar-refractivity contribution < 1.29 is 9.72 Å². The zero-order valence-corrected chi connectivity index (χ0v) is 15.4. The van der Waals surface area contributed by atoms with Crippen LogP contribution >= 0.6 is 12.4 Å². The summed E-state index contributed by atoms with van der Waals surface area (Å²) in [6.45, 7) is 3.09. The maximum atomic E-state index is 12.7. The lowest BCUT2D eigenvalue weighted by atomic mass is 10.0. The number of hydrogen-bond donors (Lipinski definition) is 1. The van der Waals surface area contributed by atoms with E-state index in [0.717, 1.165) is 12.8 Å². The summed E-state index contributed by atoms with van der Waals surface area (Å²) >= 11 is 0. The van der Waals surface area contributed by atoms with E-state index in [1.54, 1.807) is 24.0 Å². The average Bonchev–Trinajstić information content (AvgIpc) is 3.02. The normalized spacial score (nSPS) is 14.8. The summed E-state index contributed by atoms with van der Waals surface area (Å²) in [7, 11) is 1.93. The highest BCUT2D eigenvalue weighted by molar-refractivity contribution is 5.93. The largest absolute Gasteiger partial charge is 0.337 e. The van der Waals surface area contributed by atoms with Crippen LogP contribution in [0.2, 0.25) is 0 Å². The van der Waals surface area contributed by atoms with Crippen LogP contribution in [0.25, 0.3) is 5.69 Å². The van der Waals surface area contributed by atoms with Crippen molar-refractivity contribution in [3.63, 3.8) is 0 Å². The van der Waals surface area contributed by atoms with Gasteiger partial charge in [-0.25, -0.2) is 4.68 Å². The maximum Gasteiger partial charge on any atom is 0.276 e. The van der Waals surface area contributed by atoms with Crippen LogP contribution in [0.5, 0.6) is 0 Å². The Balaban J connectivity index is 0.00000243. The van der Waals surface area contributed by atoms with Gasteiger partial charge in [-0.05, 0) is 32.9 Å². The third-order valence-electron chi connectivity index (χ3n) is 4.57. The molecule has 2 heterocycles. The number of carbonyl (C=O) groups excluding carboxylic acids is 1. The Morgan fingerprint density at radius 1 is 1.35 bits per heavy atom. The standard InChI is InChI=1S/C16H20N6O3.ClH/c1-11-15(16(23)20-8-6-12(17-2)7-9-20)18-19-21(11)13-4-3-5-14(10-13)22(24)25;/h3-5,10,12,17H,6-9H2,1-2H3;1H. The van der Waals surface area contributed by atoms with Gasteiger partial charge in [-0.1, -0.05) is 11.3 Å². The third-order valence-corrected chi connectivity index (χ3v) is 4.57. The molecule has 1 fully saturated rings. The first-order valence-corrected chi connectivity index (χ1v) is 8.15. The van der Waals surface area contributed by atoms with Crippen LogP contribution in [0.3, 0.4) is 0 Å². The fourth-order valence-electron chi connectivity index (χ4n) is 3.03. The number of carbonyl (C=O) groups is 1. The number of rotatable bonds is 4. The van der Waals surface area contributed by atoms with Gasteiger partial charge in [0.25, 0.3) is 11.6 Å². The first-order valence-electron chi connectivity index (χ1n) is 8.15. The summed E-state index contributed by atoms with van der Waals surface area (Å²) in [6.07, 6.45) is 1.81. The lowest BCUT2D eigenvalue weighted by Crippen LogP contribution is -2.44. The van der Waals surface area contributed by atoms with E-state index in [2.05, 4.69) is 15.6 Å². The molecule has 0 bridgehead atoms. The Labute approximate surface area is 156 Å². The highest BCUT2D eigenvalue weighted by Crippen LogP contribution is 2.20. The van der Waals surface area contributed by atoms with Gasteiger partial charge in [0, 0.05) is 31.3 Å². The number of amides is 1. The zero-order chi connectivity index (χ0) is 18.0. The number of non-ortho nitro benzene ring substituents is 1. The van der Waals surface area contributed by atoms with Crippen molar-refractivity contribution in [2.45, 2.75) is 25.8 Å². The summed E-state index contributed by atoms with van der Waals surface area (Å²) in [5.41, 5.74) is 1.33. The number of nitro groups is 1. The molecule has 0 saturated carbocycles. The smallest absolute Gasteiger partial charge is 0.276 e. The number of aromatic nitrogens is 3. The lowest BCUT2D eigenvalue weighted by molar-refractivity contribution is -0.384. The van der Waals surface area contributed by atoms with Crippen molar-refractivity contribution in [1.29, 1.82) is 0 Å².